The van der Waals surface area contributed by atoms with Crippen LogP contribution in [0.4, 0.5) is 20.2 Å². The maximum absolute atomic E-state index is 13.1. The first kappa shape index (κ1) is 28.6. The first-order valence-corrected chi connectivity index (χ1v) is 12.5. The Labute approximate surface area is 235 Å². The Morgan fingerprint density at radius 3 is 2.27 bits per heavy atom. The fourth-order valence-corrected chi connectivity index (χ4v) is 3.95. The zero-order valence-corrected chi connectivity index (χ0v) is 21.7. The topological polar surface area (TPSA) is 120 Å². The number of alkyl halides is 2. The second-order valence-electron chi connectivity index (χ2n) is 9.13. The van der Waals surface area contributed by atoms with Crippen molar-refractivity contribution < 1.29 is 27.9 Å². The molecule has 3 amide bonds. The minimum atomic E-state index is -2.76. The summed E-state index contributed by atoms with van der Waals surface area (Å²) in [5, 5.41) is 17.3. The van der Waals surface area contributed by atoms with E-state index in [2.05, 4.69) is 16.0 Å². The zero-order valence-electron chi connectivity index (χ0n) is 21.0. The van der Waals surface area contributed by atoms with Gasteiger partial charge in [0.25, 0.3) is 18.2 Å². The number of ether oxygens (including phenoxy) is 1. The molecule has 1 fully saturated rings. The molecule has 1 aliphatic carbocycles. The summed E-state index contributed by atoms with van der Waals surface area (Å²) in [6.07, 6.45) is -1.74. The quantitative estimate of drug-likeness (QED) is 0.320. The second-order valence-corrected chi connectivity index (χ2v) is 9.54. The van der Waals surface area contributed by atoms with Crippen LogP contribution in [0.15, 0.2) is 60.7 Å². The lowest BCUT2D eigenvalue weighted by molar-refractivity contribution is -0.124. The zero-order chi connectivity index (χ0) is 28.9. The third-order valence-corrected chi connectivity index (χ3v) is 6.47. The predicted octanol–water partition coefficient (Wildman–Crippen LogP) is 4.20. The molecule has 0 spiro atoms. The van der Waals surface area contributed by atoms with Crippen molar-refractivity contribution in [2.45, 2.75) is 25.8 Å². The molecule has 8 nitrogen and oxygen atoms in total. The van der Waals surface area contributed by atoms with Crippen LogP contribution in [0.25, 0.3) is 0 Å². The molecule has 1 aliphatic rings. The van der Waals surface area contributed by atoms with Gasteiger partial charge in [0.05, 0.1) is 22.2 Å². The van der Waals surface area contributed by atoms with Crippen molar-refractivity contribution in [1.29, 1.82) is 5.26 Å². The second kappa shape index (κ2) is 12.2. The van der Waals surface area contributed by atoms with Gasteiger partial charge in [-0.15, -0.1) is 0 Å². The van der Waals surface area contributed by atoms with E-state index in [-0.39, 0.29) is 40.0 Å². The van der Waals surface area contributed by atoms with Crippen molar-refractivity contribution in [3.8, 4) is 11.8 Å². The highest BCUT2D eigenvalue weighted by Gasteiger charge is 2.50. The third-order valence-electron chi connectivity index (χ3n) is 6.14. The molecule has 3 N–H and O–H groups in total. The number of hydrogen-bond donors (Lipinski definition) is 3. The van der Waals surface area contributed by atoms with E-state index in [0.29, 0.717) is 29.6 Å². The number of benzene rings is 3. The lowest BCUT2D eigenvalue weighted by Gasteiger charge is -2.15. The maximum atomic E-state index is 13.1. The number of hydrogen-bond acceptors (Lipinski definition) is 5. The Balaban J connectivity index is 1.51. The molecule has 3 aromatic rings. The molecule has 0 unspecified atom stereocenters. The smallest absolute Gasteiger partial charge is 0.272 e. The van der Waals surface area contributed by atoms with Gasteiger partial charge in [0.1, 0.15) is 25.6 Å². The number of anilines is 2. The average Bonchev–Trinajstić information content (AvgIpc) is 3.74. The van der Waals surface area contributed by atoms with Crippen LogP contribution in [-0.4, -0.2) is 38.6 Å². The monoisotopic (exact) mass is 562 g/mol. The van der Waals surface area contributed by atoms with E-state index in [1.54, 1.807) is 30.3 Å². The van der Waals surface area contributed by atoms with Gasteiger partial charge in [0.2, 0.25) is 5.91 Å². The van der Waals surface area contributed by atoms with Crippen molar-refractivity contribution in [2.75, 3.05) is 17.2 Å². The van der Waals surface area contributed by atoms with Gasteiger partial charge in [-0.1, -0.05) is 35.3 Å². The van der Waals surface area contributed by atoms with E-state index >= 15 is 0 Å². The lowest BCUT2D eigenvalue weighted by atomic mass is 9.96. The largest absolute Gasteiger partial charge is 0.487 e. The molecule has 1 saturated carbocycles. The van der Waals surface area contributed by atoms with Gasteiger partial charge >= 0.3 is 0 Å². The highest BCUT2D eigenvalue weighted by molar-refractivity contribution is 6.34. The third kappa shape index (κ3) is 6.95. The van der Waals surface area contributed by atoms with E-state index in [9.17, 15) is 28.4 Å². The summed E-state index contributed by atoms with van der Waals surface area (Å²) < 4.78 is 30.7. The summed E-state index contributed by atoms with van der Waals surface area (Å²) in [6.45, 7) is -0.840. The van der Waals surface area contributed by atoms with Gasteiger partial charge < -0.3 is 20.7 Å². The minimum absolute atomic E-state index is 0.0886. The van der Waals surface area contributed by atoms with Crippen molar-refractivity contribution >= 4 is 54.0 Å². The van der Waals surface area contributed by atoms with Gasteiger partial charge in [0.15, 0.2) is 0 Å². The Morgan fingerprint density at radius 2 is 1.62 bits per heavy atom. The van der Waals surface area contributed by atoms with Crippen LogP contribution in [0.5, 0.6) is 5.75 Å². The Bertz CT molecular complexity index is 1490. The molecular weight excluding hydrogens is 541 g/mol. The first-order chi connectivity index (χ1) is 19.1. The average molecular weight is 563 g/mol. The van der Waals surface area contributed by atoms with Crippen LogP contribution in [0, 0.1) is 16.7 Å². The van der Waals surface area contributed by atoms with Crippen LogP contribution < -0.4 is 26.2 Å². The Morgan fingerprint density at radius 1 is 0.975 bits per heavy atom. The lowest BCUT2D eigenvalue weighted by Crippen LogP contribution is -2.30. The van der Waals surface area contributed by atoms with E-state index in [1.165, 1.54) is 30.3 Å². The molecule has 4 rings (SSSR count). The van der Waals surface area contributed by atoms with Crippen molar-refractivity contribution in [3.63, 3.8) is 0 Å². The van der Waals surface area contributed by atoms with Crippen molar-refractivity contribution in [3.05, 3.63) is 82.4 Å². The van der Waals surface area contributed by atoms with Gasteiger partial charge in [0, 0.05) is 17.9 Å². The molecule has 3 aromatic carbocycles. The summed E-state index contributed by atoms with van der Waals surface area (Å²) >= 11 is 6.25. The molecule has 0 atom stereocenters. The number of halogens is 3. The first-order valence-electron chi connectivity index (χ1n) is 12.1. The molecule has 0 aromatic heterocycles. The van der Waals surface area contributed by atoms with E-state index in [1.807, 2.05) is 6.07 Å². The fourth-order valence-electron chi connectivity index (χ4n) is 3.75. The summed E-state index contributed by atoms with van der Waals surface area (Å²) in [6, 6.07) is 17.0. The van der Waals surface area contributed by atoms with Crippen LogP contribution >= 0.6 is 11.6 Å². The molecule has 40 heavy (non-hydrogen) atoms. The molecule has 0 bridgehead atoms. The molecule has 2 radical (unpaired) electrons. The standard InChI is InChI=1S/C28H22BClF2N4O4/c29-17-2-4-18(5-3-17)35-26(38)21-12-19(6-8-23(21)40-14-24(31)32)36-25(37)20-11-16(1-7-22(20)30)13-34-27(39)28(15-33)9-10-28/h1-8,11-12,24H,9-10,13-14H2,(H,34,39)(H,35,38)(H,36,37). The number of nitrogens with one attached hydrogen (secondary N) is 3. The molecular formula is C28H22BClF2N4O4. The van der Waals surface area contributed by atoms with Crippen molar-refractivity contribution in [1.82, 2.24) is 5.32 Å². The van der Waals surface area contributed by atoms with Gasteiger partial charge in [-0.05, 0) is 60.9 Å². The maximum Gasteiger partial charge on any atom is 0.272 e. The molecule has 0 aliphatic heterocycles. The van der Waals surface area contributed by atoms with Crippen molar-refractivity contribution in [2.24, 2.45) is 5.41 Å². The van der Waals surface area contributed by atoms with Crippen LogP contribution in [0.2, 0.25) is 5.02 Å². The van der Waals surface area contributed by atoms with Gasteiger partial charge in [-0.25, -0.2) is 8.78 Å². The van der Waals surface area contributed by atoms with E-state index in [0.717, 1.165) is 0 Å². The summed E-state index contributed by atoms with van der Waals surface area (Å²) in [5.41, 5.74) is 0.682. The number of nitrogens with zero attached hydrogens (tertiary/aromatic N) is 1. The molecule has 12 heteroatoms. The molecule has 0 saturated heterocycles. The minimum Gasteiger partial charge on any atom is -0.487 e. The van der Waals surface area contributed by atoms with Crippen LogP contribution in [0.3, 0.4) is 0 Å². The number of rotatable bonds is 10. The normalized spacial score (nSPS) is 13.2. The van der Waals surface area contributed by atoms with Gasteiger partial charge in [-0.3, -0.25) is 14.4 Å². The molecule has 0 heterocycles. The summed E-state index contributed by atoms with van der Waals surface area (Å²) in [4.78, 5) is 38.3. The van der Waals surface area contributed by atoms with E-state index < -0.39 is 30.3 Å². The number of nitriles is 1. The predicted molar refractivity (Wildman–Crippen MR) is 146 cm³/mol. The van der Waals surface area contributed by atoms with E-state index in [4.69, 9.17) is 24.2 Å². The highest BCUT2D eigenvalue weighted by Crippen LogP contribution is 2.45. The van der Waals surface area contributed by atoms with Gasteiger partial charge in [-0.2, -0.15) is 5.26 Å². The number of carbonyl (C=O) groups excluding carboxylic acids is 3. The number of amides is 3. The van der Waals surface area contributed by atoms with Crippen LogP contribution in [-0.2, 0) is 11.3 Å². The summed E-state index contributed by atoms with van der Waals surface area (Å²) in [5.74, 6) is -1.74. The Hall–Kier alpha value is -4.43. The highest BCUT2D eigenvalue weighted by atomic mass is 35.5. The Kier molecular flexibility index (Phi) is 8.70. The fraction of sp³-hybridized carbons (Fsp3) is 0.214. The van der Waals surface area contributed by atoms with Crippen LogP contribution in [0.1, 0.15) is 39.1 Å². The number of carbonyl (C=O) groups is 3. The molecule has 202 valence electrons. The summed E-state index contributed by atoms with van der Waals surface area (Å²) in [7, 11) is 5.67. The SMILES string of the molecule is [B]c1ccc(NC(=O)c2cc(NC(=O)c3cc(CNC(=O)C4(C#N)CC4)ccc3Cl)ccc2OCC(F)F)cc1.